The number of nitrogens with zero attached hydrogens (tertiary/aromatic N) is 1. The van der Waals surface area contributed by atoms with Gasteiger partial charge in [0.2, 0.25) is 11.8 Å². The highest BCUT2D eigenvalue weighted by Crippen LogP contribution is 2.06. The molecule has 0 aromatic carbocycles. The molecule has 0 aromatic rings. The summed E-state index contributed by atoms with van der Waals surface area (Å²) in [5, 5.41) is 2.77. The largest absolute Gasteiger partial charge is 0.356 e. The van der Waals surface area contributed by atoms with E-state index in [9.17, 15) is 9.59 Å². The Morgan fingerprint density at radius 1 is 1.00 bits per heavy atom. The zero-order valence-electron chi connectivity index (χ0n) is 10.7. The molecule has 0 bridgehead atoms. The summed E-state index contributed by atoms with van der Waals surface area (Å²) < 4.78 is 0. The van der Waals surface area contributed by atoms with Crippen molar-refractivity contribution in [1.29, 1.82) is 0 Å². The summed E-state index contributed by atoms with van der Waals surface area (Å²) in [5.41, 5.74) is 0. The molecule has 0 saturated carbocycles. The van der Waals surface area contributed by atoms with Crippen molar-refractivity contribution in [2.45, 2.75) is 45.4 Å². The molecule has 0 fully saturated rings. The summed E-state index contributed by atoms with van der Waals surface area (Å²) >= 11 is 0. The van der Waals surface area contributed by atoms with Crippen LogP contribution in [-0.4, -0.2) is 37.4 Å². The van der Waals surface area contributed by atoms with Gasteiger partial charge in [-0.1, -0.05) is 12.8 Å². The summed E-state index contributed by atoms with van der Waals surface area (Å²) in [6.45, 7) is 2.63. The Labute approximate surface area is 98.4 Å². The van der Waals surface area contributed by atoms with E-state index in [0.717, 1.165) is 25.7 Å². The minimum atomic E-state index is 0.131. The Morgan fingerprint density at radius 2 is 1.56 bits per heavy atom. The molecular formula is C12H24N2O2. The van der Waals surface area contributed by atoms with E-state index in [-0.39, 0.29) is 11.8 Å². The number of carbonyl (C=O) groups is 2. The Hall–Kier alpha value is -1.06. The van der Waals surface area contributed by atoms with Crippen molar-refractivity contribution in [3.8, 4) is 0 Å². The second kappa shape index (κ2) is 9.19. The molecule has 0 aliphatic rings. The van der Waals surface area contributed by atoms with Crippen LogP contribution in [0.2, 0.25) is 0 Å². The molecule has 4 nitrogen and oxygen atoms in total. The Bertz CT molecular complexity index is 215. The van der Waals surface area contributed by atoms with Crippen LogP contribution in [0.5, 0.6) is 0 Å². The van der Waals surface area contributed by atoms with Gasteiger partial charge in [-0.2, -0.15) is 0 Å². The van der Waals surface area contributed by atoms with E-state index in [2.05, 4.69) is 5.32 Å². The van der Waals surface area contributed by atoms with Gasteiger partial charge in [-0.05, 0) is 19.8 Å². The van der Waals surface area contributed by atoms with Crippen LogP contribution in [0.25, 0.3) is 0 Å². The molecular weight excluding hydrogens is 204 g/mol. The van der Waals surface area contributed by atoms with Crippen molar-refractivity contribution in [3.63, 3.8) is 0 Å². The van der Waals surface area contributed by atoms with Gasteiger partial charge in [0.25, 0.3) is 0 Å². The van der Waals surface area contributed by atoms with Crippen LogP contribution in [0.1, 0.15) is 45.4 Å². The average Bonchev–Trinajstić information content (AvgIpc) is 2.23. The molecule has 0 saturated heterocycles. The van der Waals surface area contributed by atoms with Gasteiger partial charge in [-0.15, -0.1) is 0 Å². The fourth-order valence-corrected chi connectivity index (χ4v) is 1.42. The molecule has 0 unspecified atom stereocenters. The van der Waals surface area contributed by atoms with E-state index in [1.54, 1.807) is 19.0 Å². The summed E-state index contributed by atoms with van der Waals surface area (Å²) in [7, 11) is 3.55. The van der Waals surface area contributed by atoms with Crippen LogP contribution < -0.4 is 5.32 Å². The monoisotopic (exact) mass is 228 g/mol. The number of hydrogen-bond donors (Lipinski definition) is 1. The van der Waals surface area contributed by atoms with Crippen molar-refractivity contribution < 1.29 is 9.59 Å². The Kier molecular flexibility index (Phi) is 8.58. The molecule has 16 heavy (non-hydrogen) atoms. The van der Waals surface area contributed by atoms with Gasteiger partial charge in [0.05, 0.1) is 0 Å². The molecule has 1 N–H and O–H groups in total. The topological polar surface area (TPSA) is 49.4 Å². The summed E-state index contributed by atoms with van der Waals surface area (Å²) in [6.07, 6.45) is 5.12. The number of amides is 2. The van der Waals surface area contributed by atoms with Gasteiger partial charge < -0.3 is 10.2 Å². The lowest BCUT2D eigenvalue weighted by Gasteiger charge is -2.09. The second-order valence-corrected chi connectivity index (χ2v) is 4.16. The van der Waals surface area contributed by atoms with Gasteiger partial charge in [0.1, 0.15) is 0 Å². The standard InChI is InChI=1S/C12H24N2O2/c1-4-13-11(15)9-7-5-6-8-10-12(16)14(2)3/h4-10H2,1-3H3,(H,13,15). The molecule has 0 atom stereocenters. The van der Waals surface area contributed by atoms with Crippen molar-refractivity contribution in [2.75, 3.05) is 20.6 Å². The minimum absolute atomic E-state index is 0.131. The van der Waals surface area contributed by atoms with Crippen LogP contribution in [0.3, 0.4) is 0 Å². The van der Waals surface area contributed by atoms with Crippen LogP contribution in [-0.2, 0) is 9.59 Å². The van der Waals surface area contributed by atoms with E-state index in [4.69, 9.17) is 0 Å². The third-order valence-corrected chi connectivity index (χ3v) is 2.42. The SMILES string of the molecule is CCNC(=O)CCCCCCC(=O)N(C)C. The van der Waals surface area contributed by atoms with Crippen molar-refractivity contribution in [3.05, 3.63) is 0 Å². The molecule has 0 aliphatic carbocycles. The van der Waals surface area contributed by atoms with E-state index < -0.39 is 0 Å². The highest BCUT2D eigenvalue weighted by molar-refractivity contribution is 5.76. The first-order valence-corrected chi connectivity index (χ1v) is 6.04. The van der Waals surface area contributed by atoms with Gasteiger partial charge in [0.15, 0.2) is 0 Å². The summed E-state index contributed by atoms with van der Waals surface area (Å²) in [5.74, 6) is 0.315. The normalized spacial score (nSPS) is 9.94. The lowest BCUT2D eigenvalue weighted by Crippen LogP contribution is -2.22. The highest BCUT2D eigenvalue weighted by atomic mass is 16.2. The smallest absolute Gasteiger partial charge is 0.222 e. The predicted molar refractivity (Wildman–Crippen MR) is 65.1 cm³/mol. The van der Waals surface area contributed by atoms with E-state index >= 15 is 0 Å². The maximum atomic E-state index is 11.2. The van der Waals surface area contributed by atoms with Gasteiger partial charge in [0, 0.05) is 33.5 Å². The third kappa shape index (κ3) is 8.26. The molecule has 0 aliphatic heterocycles. The quantitative estimate of drug-likeness (QED) is 0.641. The molecule has 0 rings (SSSR count). The van der Waals surface area contributed by atoms with Gasteiger partial charge in [-0.3, -0.25) is 9.59 Å². The lowest BCUT2D eigenvalue weighted by atomic mass is 10.1. The van der Waals surface area contributed by atoms with Crippen LogP contribution in [0.15, 0.2) is 0 Å². The number of unbranched alkanes of at least 4 members (excludes halogenated alkanes) is 3. The zero-order chi connectivity index (χ0) is 12.4. The molecule has 94 valence electrons. The Balaban J connectivity index is 3.28. The third-order valence-electron chi connectivity index (χ3n) is 2.42. The molecule has 0 spiro atoms. The Morgan fingerprint density at radius 3 is 2.06 bits per heavy atom. The maximum absolute atomic E-state index is 11.2. The van der Waals surface area contributed by atoms with E-state index in [1.165, 1.54) is 0 Å². The summed E-state index contributed by atoms with van der Waals surface area (Å²) in [6, 6.07) is 0. The maximum Gasteiger partial charge on any atom is 0.222 e. The van der Waals surface area contributed by atoms with Crippen molar-refractivity contribution in [2.24, 2.45) is 0 Å². The first kappa shape index (κ1) is 14.9. The molecule has 4 heteroatoms. The lowest BCUT2D eigenvalue weighted by molar-refractivity contribution is -0.128. The number of nitrogens with one attached hydrogen (secondary N) is 1. The van der Waals surface area contributed by atoms with Crippen molar-refractivity contribution >= 4 is 11.8 Å². The average molecular weight is 228 g/mol. The van der Waals surface area contributed by atoms with Crippen LogP contribution >= 0.6 is 0 Å². The fraction of sp³-hybridized carbons (Fsp3) is 0.833. The first-order chi connectivity index (χ1) is 7.57. The highest BCUT2D eigenvalue weighted by Gasteiger charge is 2.03. The van der Waals surface area contributed by atoms with E-state index in [1.807, 2.05) is 6.92 Å². The van der Waals surface area contributed by atoms with Gasteiger partial charge in [-0.25, -0.2) is 0 Å². The van der Waals surface area contributed by atoms with Crippen LogP contribution in [0.4, 0.5) is 0 Å². The number of carbonyl (C=O) groups excluding carboxylic acids is 2. The molecule has 2 amide bonds. The zero-order valence-corrected chi connectivity index (χ0v) is 10.7. The van der Waals surface area contributed by atoms with E-state index in [0.29, 0.717) is 19.4 Å². The fourth-order valence-electron chi connectivity index (χ4n) is 1.42. The first-order valence-electron chi connectivity index (χ1n) is 6.04. The minimum Gasteiger partial charge on any atom is -0.356 e. The van der Waals surface area contributed by atoms with Crippen LogP contribution in [0, 0.1) is 0 Å². The van der Waals surface area contributed by atoms with Crippen molar-refractivity contribution in [1.82, 2.24) is 10.2 Å². The number of hydrogen-bond acceptors (Lipinski definition) is 2. The summed E-state index contributed by atoms with van der Waals surface area (Å²) in [4.78, 5) is 24.0. The van der Waals surface area contributed by atoms with Gasteiger partial charge >= 0.3 is 0 Å². The number of rotatable bonds is 8. The molecule has 0 aromatic heterocycles. The second-order valence-electron chi connectivity index (χ2n) is 4.16. The molecule has 0 heterocycles. The molecule has 0 radical (unpaired) electrons. The predicted octanol–water partition coefficient (Wildman–Crippen LogP) is 1.55.